The van der Waals surface area contributed by atoms with Gasteiger partial charge in [-0.25, -0.2) is 0 Å². The molecule has 0 radical (unpaired) electrons. The number of allylic oxidation sites excluding steroid dienone is 4. The fourth-order valence-electron chi connectivity index (χ4n) is 1.69. The first-order valence-electron chi connectivity index (χ1n) is 5.55. The zero-order valence-electron chi connectivity index (χ0n) is 10.1. The molecule has 0 saturated carbocycles. The molecule has 1 aromatic carbocycles. The highest BCUT2D eigenvalue weighted by Gasteiger charge is 2.05. The molecule has 0 heterocycles. The van der Waals surface area contributed by atoms with E-state index in [1.54, 1.807) is 0 Å². The van der Waals surface area contributed by atoms with Crippen LogP contribution in [-0.4, -0.2) is 0 Å². The van der Waals surface area contributed by atoms with Gasteiger partial charge in [0, 0.05) is 0 Å². The monoisotopic (exact) mass is 200 g/mol. The van der Waals surface area contributed by atoms with Gasteiger partial charge in [0.1, 0.15) is 0 Å². The molecule has 15 heavy (non-hydrogen) atoms. The second kappa shape index (κ2) is 5.55. The first-order chi connectivity index (χ1) is 7.16. The Hall–Kier alpha value is -1.30. The molecule has 0 amide bonds. The Morgan fingerprint density at radius 3 is 2.47 bits per heavy atom. The summed E-state index contributed by atoms with van der Waals surface area (Å²) in [5.74, 6) is 0.579. The van der Waals surface area contributed by atoms with Gasteiger partial charge in [0.05, 0.1) is 0 Å². The van der Waals surface area contributed by atoms with E-state index in [2.05, 4.69) is 63.3 Å². The van der Waals surface area contributed by atoms with Gasteiger partial charge in [-0.05, 0) is 36.5 Å². The van der Waals surface area contributed by atoms with Crippen molar-refractivity contribution in [2.24, 2.45) is 0 Å². The van der Waals surface area contributed by atoms with Crippen LogP contribution >= 0.6 is 0 Å². The molecule has 0 atom stereocenters. The van der Waals surface area contributed by atoms with E-state index in [0.717, 1.165) is 0 Å². The first kappa shape index (κ1) is 11.8. The van der Waals surface area contributed by atoms with Gasteiger partial charge in [0.2, 0.25) is 0 Å². The minimum atomic E-state index is 0.579. The third-order valence-electron chi connectivity index (χ3n) is 2.55. The van der Waals surface area contributed by atoms with E-state index in [0.29, 0.717) is 5.92 Å². The van der Waals surface area contributed by atoms with Crippen LogP contribution in [0.1, 0.15) is 44.7 Å². The van der Waals surface area contributed by atoms with Gasteiger partial charge in [-0.15, -0.1) is 0 Å². The Bertz CT molecular complexity index is 367. The van der Waals surface area contributed by atoms with Gasteiger partial charge in [-0.1, -0.05) is 56.3 Å². The fourth-order valence-corrected chi connectivity index (χ4v) is 1.69. The molecular formula is C15H20. The fraction of sp³-hybridized carbons (Fsp3) is 0.333. The van der Waals surface area contributed by atoms with E-state index in [1.807, 2.05) is 6.92 Å². The summed E-state index contributed by atoms with van der Waals surface area (Å²) in [6.07, 6.45) is 6.31. The van der Waals surface area contributed by atoms with Crippen LogP contribution in [0.3, 0.4) is 0 Å². The molecule has 0 N–H and O–H groups in total. The van der Waals surface area contributed by atoms with E-state index < -0.39 is 0 Å². The molecule has 0 aromatic heterocycles. The van der Waals surface area contributed by atoms with Crippen LogP contribution in [0.4, 0.5) is 0 Å². The van der Waals surface area contributed by atoms with Crippen molar-refractivity contribution in [2.45, 2.75) is 33.6 Å². The third-order valence-corrected chi connectivity index (χ3v) is 2.55. The van der Waals surface area contributed by atoms with Crippen molar-refractivity contribution in [3.63, 3.8) is 0 Å². The van der Waals surface area contributed by atoms with E-state index in [4.69, 9.17) is 0 Å². The maximum Gasteiger partial charge on any atom is -0.0193 e. The number of benzene rings is 1. The lowest BCUT2D eigenvalue weighted by molar-refractivity contribution is 0.862. The summed E-state index contributed by atoms with van der Waals surface area (Å²) in [5.41, 5.74) is 4.12. The second-order valence-electron chi connectivity index (χ2n) is 4.12. The summed E-state index contributed by atoms with van der Waals surface area (Å²) in [6.45, 7) is 8.68. The number of hydrogen-bond donors (Lipinski definition) is 0. The lowest BCUT2D eigenvalue weighted by Crippen LogP contribution is -1.93. The van der Waals surface area contributed by atoms with E-state index in [9.17, 15) is 0 Å². The molecule has 0 saturated heterocycles. The Balaban J connectivity index is 3.13. The maximum atomic E-state index is 2.24. The highest BCUT2D eigenvalue weighted by atomic mass is 14.1. The topological polar surface area (TPSA) is 0 Å². The van der Waals surface area contributed by atoms with E-state index in [1.165, 1.54) is 16.7 Å². The molecule has 0 aliphatic rings. The van der Waals surface area contributed by atoms with Crippen LogP contribution in [0, 0.1) is 0 Å². The molecule has 0 aliphatic heterocycles. The molecule has 1 rings (SSSR count). The minimum absolute atomic E-state index is 0.579. The average molecular weight is 200 g/mol. The summed E-state index contributed by atoms with van der Waals surface area (Å²) in [4.78, 5) is 0. The average Bonchev–Trinajstić information content (AvgIpc) is 2.25. The van der Waals surface area contributed by atoms with Gasteiger partial charge in [0.25, 0.3) is 0 Å². The van der Waals surface area contributed by atoms with Crippen LogP contribution in [0.2, 0.25) is 0 Å². The normalized spacial score (nSPS) is 12.7. The van der Waals surface area contributed by atoms with Crippen LogP contribution in [-0.2, 0) is 0 Å². The molecule has 0 fully saturated rings. The summed E-state index contributed by atoms with van der Waals surface area (Å²) in [6, 6.07) is 8.63. The quantitative estimate of drug-likeness (QED) is 0.615. The second-order valence-corrected chi connectivity index (χ2v) is 4.12. The summed E-state index contributed by atoms with van der Waals surface area (Å²) < 4.78 is 0. The molecule has 1 aromatic rings. The van der Waals surface area contributed by atoms with Crippen LogP contribution in [0.25, 0.3) is 5.57 Å². The smallest absolute Gasteiger partial charge is 0.0193 e. The molecule has 0 nitrogen and oxygen atoms in total. The Morgan fingerprint density at radius 1 is 1.20 bits per heavy atom. The molecule has 0 heteroatoms. The maximum absolute atomic E-state index is 2.24. The van der Waals surface area contributed by atoms with Crippen molar-refractivity contribution >= 4 is 5.57 Å². The van der Waals surface area contributed by atoms with E-state index >= 15 is 0 Å². The Kier molecular flexibility index (Phi) is 4.36. The standard InChI is InChI=1S/C15H20/c1-5-6-9-13(4)15-11-8-7-10-14(15)12(2)3/h5-12H,1-4H3/b6-5-,13-9+. The zero-order chi connectivity index (χ0) is 11.3. The van der Waals surface area contributed by atoms with Gasteiger partial charge in [-0.3, -0.25) is 0 Å². The van der Waals surface area contributed by atoms with Crippen molar-refractivity contribution in [1.29, 1.82) is 0 Å². The highest BCUT2D eigenvalue weighted by molar-refractivity contribution is 5.68. The zero-order valence-corrected chi connectivity index (χ0v) is 10.1. The van der Waals surface area contributed by atoms with Gasteiger partial charge < -0.3 is 0 Å². The summed E-state index contributed by atoms with van der Waals surface area (Å²) in [5, 5.41) is 0. The molecular weight excluding hydrogens is 180 g/mol. The predicted molar refractivity (Wildman–Crippen MR) is 69.0 cm³/mol. The summed E-state index contributed by atoms with van der Waals surface area (Å²) in [7, 11) is 0. The van der Waals surface area contributed by atoms with Crippen LogP contribution in [0.5, 0.6) is 0 Å². The van der Waals surface area contributed by atoms with Crippen molar-refractivity contribution in [3.05, 3.63) is 53.6 Å². The van der Waals surface area contributed by atoms with Crippen molar-refractivity contribution in [1.82, 2.24) is 0 Å². The lowest BCUT2D eigenvalue weighted by Gasteiger charge is -2.12. The third kappa shape index (κ3) is 3.09. The number of hydrogen-bond acceptors (Lipinski definition) is 0. The molecule has 0 bridgehead atoms. The first-order valence-corrected chi connectivity index (χ1v) is 5.55. The largest absolute Gasteiger partial charge is 0.0877 e. The lowest BCUT2D eigenvalue weighted by atomic mass is 9.93. The van der Waals surface area contributed by atoms with Gasteiger partial charge in [0.15, 0.2) is 0 Å². The van der Waals surface area contributed by atoms with Crippen LogP contribution < -0.4 is 0 Å². The van der Waals surface area contributed by atoms with Crippen molar-refractivity contribution < 1.29 is 0 Å². The molecule has 0 unspecified atom stereocenters. The highest BCUT2D eigenvalue weighted by Crippen LogP contribution is 2.25. The minimum Gasteiger partial charge on any atom is -0.0877 e. The number of rotatable bonds is 3. The van der Waals surface area contributed by atoms with E-state index in [-0.39, 0.29) is 0 Å². The molecule has 80 valence electrons. The summed E-state index contributed by atoms with van der Waals surface area (Å²) >= 11 is 0. The van der Waals surface area contributed by atoms with Crippen molar-refractivity contribution in [2.75, 3.05) is 0 Å². The van der Waals surface area contributed by atoms with Gasteiger partial charge in [-0.2, -0.15) is 0 Å². The molecule has 0 spiro atoms. The predicted octanol–water partition coefficient (Wildman–Crippen LogP) is 4.79. The Labute approximate surface area is 93.3 Å². The molecule has 0 aliphatic carbocycles. The van der Waals surface area contributed by atoms with Crippen LogP contribution in [0.15, 0.2) is 42.5 Å². The Morgan fingerprint density at radius 2 is 1.87 bits per heavy atom. The SMILES string of the molecule is C/C=C\C=C(/C)c1ccccc1C(C)C. The van der Waals surface area contributed by atoms with Crippen molar-refractivity contribution in [3.8, 4) is 0 Å². The van der Waals surface area contributed by atoms with Gasteiger partial charge >= 0.3 is 0 Å².